The highest BCUT2D eigenvalue weighted by Gasteiger charge is 2.41. The minimum absolute atomic E-state index is 0.313. The van der Waals surface area contributed by atoms with E-state index >= 15 is 0 Å². The van der Waals surface area contributed by atoms with Gasteiger partial charge in [-0.2, -0.15) is 0 Å². The summed E-state index contributed by atoms with van der Waals surface area (Å²) in [6.45, 7) is 1.86. The molecule has 1 atom stereocenters. The molecule has 0 bridgehead atoms. The van der Waals surface area contributed by atoms with Crippen molar-refractivity contribution in [3.05, 3.63) is 58.1 Å². The number of thioether (sulfide) groups is 1. The third-order valence-electron chi connectivity index (χ3n) is 3.42. The summed E-state index contributed by atoms with van der Waals surface area (Å²) >= 11 is 12.9. The average molecular weight is 367 g/mol. The molecule has 1 aliphatic rings. The van der Waals surface area contributed by atoms with E-state index in [1.165, 1.54) is 4.90 Å². The number of nitrogens with one attached hydrogen (secondary N) is 1. The van der Waals surface area contributed by atoms with E-state index in [1.54, 1.807) is 30.3 Å². The number of para-hydroxylation sites is 1. The highest BCUT2D eigenvalue weighted by molar-refractivity contribution is 8.16. The van der Waals surface area contributed by atoms with E-state index in [0.717, 1.165) is 17.3 Å². The van der Waals surface area contributed by atoms with Crippen LogP contribution in [0.4, 0.5) is 16.2 Å². The monoisotopic (exact) mass is 366 g/mol. The van der Waals surface area contributed by atoms with Crippen molar-refractivity contribution in [2.75, 3.05) is 10.2 Å². The number of carbonyl (C=O) groups excluding carboxylic acids is 2. The Morgan fingerprint density at radius 1 is 1.13 bits per heavy atom. The molecule has 1 aliphatic heterocycles. The van der Waals surface area contributed by atoms with Crippen molar-refractivity contribution < 1.29 is 9.59 Å². The van der Waals surface area contributed by atoms with E-state index in [1.807, 2.05) is 19.1 Å². The summed E-state index contributed by atoms with van der Waals surface area (Å²) in [5, 5.41) is 2.86. The largest absolute Gasteiger partial charge is 0.364 e. The molecule has 1 heterocycles. The van der Waals surface area contributed by atoms with Gasteiger partial charge in [0.05, 0.1) is 16.4 Å². The number of imide groups is 1. The third kappa shape index (κ3) is 3.17. The number of halogens is 2. The Balaban J connectivity index is 1.85. The van der Waals surface area contributed by atoms with Crippen LogP contribution < -0.4 is 10.2 Å². The summed E-state index contributed by atoms with van der Waals surface area (Å²) in [7, 11) is 0. The van der Waals surface area contributed by atoms with Gasteiger partial charge in [0.1, 0.15) is 0 Å². The fourth-order valence-corrected chi connectivity index (χ4v) is 3.63. The zero-order valence-corrected chi connectivity index (χ0v) is 14.4. The normalized spacial score (nSPS) is 17.7. The fraction of sp³-hybridized carbons (Fsp3) is 0.125. The minimum Gasteiger partial charge on any atom is -0.364 e. The van der Waals surface area contributed by atoms with Gasteiger partial charge in [0.15, 0.2) is 5.37 Å². The first-order valence-corrected chi connectivity index (χ1v) is 8.43. The molecule has 0 saturated carbocycles. The highest BCUT2D eigenvalue weighted by Crippen LogP contribution is 2.35. The van der Waals surface area contributed by atoms with Gasteiger partial charge in [-0.15, -0.1) is 0 Å². The van der Waals surface area contributed by atoms with E-state index in [4.69, 9.17) is 23.2 Å². The molecule has 2 aromatic carbocycles. The second-order valence-electron chi connectivity index (χ2n) is 4.99. The third-order valence-corrected chi connectivity index (χ3v) is 4.91. The van der Waals surface area contributed by atoms with Gasteiger partial charge in [0.25, 0.3) is 11.1 Å². The molecule has 0 spiro atoms. The van der Waals surface area contributed by atoms with Gasteiger partial charge in [-0.05, 0) is 48.5 Å². The van der Waals surface area contributed by atoms with Crippen LogP contribution in [0.25, 0.3) is 0 Å². The number of carbonyl (C=O) groups is 2. The molecule has 7 heteroatoms. The van der Waals surface area contributed by atoms with Gasteiger partial charge in [-0.25, -0.2) is 4.90 Å². The van der Waals surface area contributed by atoms with Crippen molar-refractivity contribution in [3.8, 4) is 0 Å². The van der Waals surface area contributed by atoms with E-state index in [-0.39, 0.29) is 11.1 Å². The van der Waals surface area contributed by atoms with Crippen LogP contribution in [-0.2, 0) is 4.79 Å². The van der Waals surface area contributed by atoms with Crippen LogP contribution in [0.5, 0.6) is 0 Å². The van der Waals surface area contributed by atoms with Crippen molar-refractivity contribution in [1.82, 2.24) is 0 Å². The maximum atomic E-state index is 12.6. The Hall–Kier alpha value is -1.69. The smallest absolute Gasteiger partial charge is 0.295 e. The van der Waals surface area contributed by atoms with Crippen LogP contribution in [0, 0.1) is 6.92 Å². The average Bonchev–Trinajstić information content (AvgIpc) is 2.77. The summed E-state index contributed by atoms with van der Waals surface area (Å²) in [6.07, 6.45) is 0. The van der Waals surface area contributed by atoms with Crippen LogP contribution in [0.15, 0.2) is 42.5 Å². The van der Waals surface area contributed by atoms with Crippen LogP contribution in [-0.4, -0.2) is 16.5 Å². The molecule has 4 nitrogen and oxygen atoms in total. The molecular formula is C16H12Cl2N2O2S. The summed E-state index contributed by atoms with van der Waals surface area (Å²) in [5.74, 6) is -0.319. The minimum atomic E-state index is -0.721. The Kier molecular flexibility index (Phi) is 4.53. The van der Waals surface area contributed by atoms with Gasteiger partial charge < -0.3 is 5.32 Å². The first-order valence-electron chi connectivity index (χ1n) is 6.79. The van der Waals surface area contributed by atoms with Crippen molar-refractivity contribution in [3.63, 3.8) is 0 Å². The lowest BCUT2D eigenvalue weighted by Crippen LogP contribution is -2.34. The van der Waals surface area contributed by atoms with Crippen LogP contribution >= 0.6 is 35.0 Å². The number of hydrogen-bond acceptors (Lipinski definition) is 4. The van der Waals surface area contributed by atoms with Crippen molar-refractivity contribution >= 4 is 57.5 Å². The standard InChI is InChI=1S/C16H12Cl2N2O2S/c1-9-4-2-3-5-13(9)20-15(21)14(23-16(20)22)19-12-7-6-10(17)8-11(12)18/h2-8,14,19H,1H3. The van der Waals surface area contributed by atoms with E-state index < -0.39 is 5.37 Å². The molecule has 1 saturated heterocycles. The first-order chi connectivity index (χ1) is 11.0. The highest BCUT2D eigenvalue weighted by atomic mass is 35.5. The van der Waals surface area contributed by atoms with Crippen LogP contribution in [0.2, 0.25) is 10.0 Å². The Labute approximate surface area is 147 Å². The topological polar surface area (TPSA) is 49.4 Å². The number of benzene rings is 2. The molecular weight excluding hydrogens is 355 g/mol. The summed E-state index contributed by atoms with van der Waals surface area (Å²) < 4.78 is 0. The maximum absolute atomic E-state index is 12.6. The lowest BCUT2D eigenvalue weighted by atomic mass is 10.2. The lowest BCUT2D eigenvalue weighted by Gasteiger charge is -2.17. The zero-order chi connectivity index (χ0) is 16.6. The predicted octanol–water partition coefficient (Wildman–Crippen LogP) is 4.94. The summed E-state index contributed by atoms with van der Waals surface area (Å²) in [4.78, 5) is 26.1. The van der Waals surface area contributed by atoms with Gasteiger partial charge in [-0.1, -0.05) is 41.4 Å². The first kappa shape index (κ1) is 16.2. The van der Waals surface area contributed by atoms with Gasteiger partial charge in [0, 0.05) is 5.02 Å². The molecule has 3 rings (SSSR count). The Morgan fingerprint density at radius 2 is 1.87 bits per heavy atom. The van der Waals surface area contributed by atoms with Crippen molar-refractivity contribution in [1.29, 1.82) is 0 Å². The number of amides is 2. The van der Waals surface area contributed by atoms with Crippen LogP contribution in [0.3, 0.4) is 0 Å². The Bertz CT molecular complexity index is 797. The zero-order valence-electron chi connectivity index (χ0n) is 12.0. The number of anilines is 2. The van der Waals surface area contributed by atoms with E-state index in [2.05, 4.69) is 5.32 Å². The van der Waals surface area contributed by atoms with Gasteiger partial charge in [-0.3, -0.25) is 9.59 Å². The van der Waals surface area contributed by atoms with Gasteiger partial charge >= 0.3 is 0 Å². The molecule has 0 radical (unpaired) electrons. The lowest BCUT2D eigenvalue weighted by molar-refractivity contribution is -0.116. The number of nitrogens with zero attached hydrogens (tertiary/aromatic N) is 1. The quantitative estimate of drug-likeness (QED) is 0.835. The van der Waals surface area contributed by atoms with Crippen LogP contribution in [0.1, 0.15) is 5.56 Å². The number of rotatable bonds is 3. The molecule has 1 unspecified atom stereocenters. The second-order valence-corrected chi connectivity index (χ2v) is 6.89. The number of hydrogen-bond donors (Lipinski definition) is 1. The molecule has 118 valence electrons. The molecule has 1 fully saturated rings. The molecule has 1 N–H and O–H groups in total. The molecule has 2 aromatic rings. The fourth-order valence-electron chi connectivity index (χ4n) is 2.28. The molecule has 2 amide bonds. The van der Waals surface area contributed by atoms with Gasteiger partial charge in [0.2, 0.25) is 0 Å². The Morgan fingerprint density at radius 3 is 2.57 bits per heavy atom. The van der Waals surface area contributed by atoms with E-state index in [9.17, 15) is 9.59 Å². The van der Waals surface area contributed by atoms with Crippen molar-refractivity contribution in [2.24, 2.45) is 0 Å². The number of aryl methyl sites for hydroxylation is 1. The van der Waals surface area contributed by atoms with E-state index in [0.29, 0.717) is 21.4 Å². The second kappa shape index (κ2) is 6.43. The summed E-state index contributed by atoms with van der Waals surface area (Å²) in [6, 6.07) is 12.2. The maximum Gasteiger partial charge on any atom is 0.295 e. The SMILES string of the molecule is Cc1ccccc1N1C(=O)SC(Nc2ccc(Cl)cc2Cl)C1=O. The van der Waals surface area contributed by atoms with Crippen molar-refractivity contribution in [2.45, 2.75) is 12.3 Å². The predicted molar refractivity (Wildman–Crippen MR) is 95.5 cm³/mol. The molecule has 23 heavy (non-hydrogen) atoms. The molecule has 0 aromatic heterocycles. The molecule has 0 aliphatic carbocycles. The summed E-state index contributed by atoms with van der Waals surface area (Å²) in [5.41, 5.74) is 2.02.